The number of esters is 1. The first-order chi connectivity index (χ1) is 19.9. The Hall–Kier alpha value is -4.66. The van der Waals surface area contributed by atoms with Crippen LogP contribution in [0.2, 0.25) is 0 Å². The van der Waals surface area contributed by atoms with E-state index in [0.717, 1.165) is 25.3 Å². The number of carbonyl (C=O) groups is 2. The molecule has 0 saturated heterocycles. The van der Waals surface area contributed by atoms with Gasteiger partial charge in [0.2, 0.25) is 5.76 Å². The van der Waals surface area contributed by atoms with Gasteiger partial charge in [0.1, 0.15) is 11.4 Å². The van der Waals surface area contributed by atoms with Gasteiger partial charge in [-0.3, -0.25) is 14.5 Å². The van der Waals surface area contributed by atoms with Crippen molar-refractivity contribution >= 4 is 28.5 Å². The Morgan fingerprint density at radius 2 is 1.76 bits per heavy atom. The van der Waals surface area contributed by atoms with E-state index in [1.807, 2.05) is 0 Å². The molecule has 1 aliphatic rings. The molecule has 0 spiro atoms. The minimum absolute atomic E-state index is 0.0314. The first-order valence-electron chi connectivity index (χ1n) is 13.6. The van der Waals surface area contributed by atoms with Crippen LogP contribution in [0, 0.1) is 5.82 Å². The van der Waals surface area contributed by atoms with Crippen molar-refractivity contribution in [3.8, 4) is 11.5 Å². The lowest BCUT2D eigenvalue weighted by atomic mass is 9.97. The lowest BCUT2D eigenvalue weighted by Gasteiger charge is -2.26. The molecule has 0 fully saturated rings. The number of carbonyl (C=O) groups excluding carboxylic acids is 2. The minimum Gasteiger partial charge on any atom is -0.493 e. The molecule has 1 atom stereocenters. The van der Waals surface area contributed by atoms with Crippen molar-refractivity contribution in [2.24, 2.45) is 0 Å². The largest absolute Gasteiger partial charge is 0.493 e. The maximum absolute atomic E-state index is 14.1. The molecule has 2 heterocycles. The second-order valence-corrected chi connectivity index (χ2v) is 9.63. The van der Waals surface area contributed by atoms with E-state index in [1.165, 1.54) is 24.1 Å². The fourth-order valence-electron chi connectivity index (χ4n) is 5.01. The molecule has 0 aliphatic carbocycles. The quantitative estimate of drug-likeness (QED) is 0.163. The summed E-state index contributed by atoms with van der Waals surface area (Å²) in [6, 6.07) is 14.2. The third-order valence-electron chi connectivity index (χ3n) is 7.00. The van der Waals surface area contributed by atoms with E-state index in [9.17, 15) is 18.8 Å². The molecule has 1 unspecified atom stereocenters. The molecule has 0 radical (unpaired) electrons. The van der Waals surface area contributed by atoms with Crippen LogP contribution in [0.5, 0.6) is 11.5 Å². The Morgan fingerprint density at radius 1 is 0.976 bits per heavy atom. The number of methoxy groups -OCH3 is 1. The van der Waals surface area contributed by atoms with Crippen LogP contribution in [-0.4, -0.2) is 32.2 Å². The van der Waals surface area contributed by atoms with Gasteiger partial charge in [0.15, 0.2) is 16.9 Å². The zero-order chi connectivity index (χ0) is 29.1. The van der Waals surface area contributed by atoms with Crippen LogP contribution >= 0.6 is 0 Å². The molecule has 4 aromatic rings. The lowest BCUT2D eigenvalue weighted by Crippen LogP contribution is -2.29. The number of hydrogen-bond acceptors (Lipinski definition) is 7. The summed E-state index contributed by atoms with van der Waals surface area (Å²) in [5.74, 6) is -0.786. The molecule has 212 valence electrons. The van der Waals surface area contributed by atoms with Crippen LogP contribution in [0.25, 0.3) is 11.0 Å². The van der Waals surface area contributed by atoms with Gasteiger partial charge in [-0.15, -0.1) is 0 Å². The molecule has 8 nitrogen and oxygen atoms in total. The summed E-state index contributed by atoms with van der Waals surface area (Å²) < 4.78 is 36.7. The Kier molecular flexibility index (Phi) is 8.05. The normalized spacial score (nSPS) is 14.3. The predicted molar refractivity (Wildman–Crippen MR) is 152 cm³/mol. The second kappa shape index (κ2) is 11.8. The first-order valence-corrected chi connectivity index (χ1v) is 13.6. The summed E-state index contributed by atoms with van der Waals surface area (Å²) in [5.41, 5.74) is 0.985. The number of halogens is 1. The SMILES string of the molecule is CCCCCOc1ccc(C2c3c(oc4ccc(F)cc4c3=O)C(=O)N2c2ccc(C(=O)OCC)cc2)cc1OC. The van der Waals surface area contributed by atoms with Crippen LogP contribution in [0.3, 0.4) is 0 Å². The number of nitrogens with zero attached hydrogens (tertiary/aromatic N) is 1. The number of hydrogen-bond donors (Lipinski definition) is 0. The number of rotatable bonds is 10. The highest BCUT2D eigenvalue weighted by atomic mass is 19.1. The van der Waals surface area contributed by atoms with E-state index >= 15 is 0 Å². The van der Waals surface area contributed by atoms with Crippen molar-refractivity contribution in [1.29, 1.82) is 0 Å². The van der Waals surface area contributed by atoms with Gasteiger partial charge in [0, 0.05) is 5.69 Å². The average Bonchev–Trinajstić information content (AvgIpc) is 3.28. The Balaban J connectivity index is 1.64. The lowest BCUT2D eigenvalue weighted by molar-refractivity contribution is 0.0526. The van der Waals surface area contributed by atoms with Crippen molar-refractivity contribution in [3.05, 3.63) is 99.2 Å². The van der Waals surface area contributed by atoms with Crippen LogP contribution in [-0.2, 0) is 4.74 Å². The second-order valence-electron chi connectivity index (χ2n) is 9.63. The van der Waals surface area contributed by atoms with Crippen molar-refractivity contribution in [2.45, 2.75) is 39.2 Å². The predicted octanol–water partition coefficient (Wildman–Crippen LogP) is 6.44. The van der Waals surface area contributed by atoms with Crippen molar-refractivity contribution in [3.63, 3.8) is 0 Å². The summed E-state index contributed by atoms with van der Waals surface area (Å²) in [6.45, 7) is 4.58. The van der Waals surface area contributed by atoms with Crippen LogP contribution in [0.1, 0.15) is 71.2 Å². The number of anilines is 1. The molecule has 41 heavy (non-hydrogen) atoms. The number of fused-ring (bicyclic) bond motifs is 2. The van der Waals surface area contributed by atoms with Crippen molar-refractivity contribution in [1.82, 2.24) is 0 Å². The minimum atomic E-state index is -0.919. The highest BCUT2D eigenvalue weighted by molar-refractivity contribution is 6.10. The topological polar surface area (TPSA) is 95.3 Å². The summed E-state index contributed by atoms with van der Waals surface area (Å²) in [6.07, 6.45) is 2.99. The van der Waals surface area contributed by atoms with Gasteiger partial charge in [-0.1, -0.05) is 25.8 Å². The maximum Gasteiger partial charge on any atom is 0.338 e. The maximum atomic E-state index is 14.1. The fraction of sp³-hybridized carbons (Fsp3) is 0.281. The standard InChI is InChI=1S/C32H30FNO7/c1-4-6-7-16-40-25-14-10-20(17-26(25)38-3)28-27-29(35)23-18-21(33)11-15-24(23)41-30(27)31(36)34(28)22-12-8-19(9-13-22)32(37)39-5-2/h8-15,17-18,28H,4-7,16H2,1-3H3. The summed E-state index contributed by atoms with van der Waals surface area (Å²) in [7, 11) is 1.52. The van der Waals surface area contributed by atoms with E-state index < -0.39 is 29.2 Å². The molecule has 0 bridgehead atoms. The zero-order valence-electron chi connectivity index (χ0n) is 23.1. The van der Waals surface area contributed by atoms with Gasteiger partial charge < -0.3 is 18.6 Å². The third-order valence-corrected chi connectivity index (χ3v) is 7.00. The number of benzene rings is 3. The Morgan fingerprint density at radius 3 is 2.46 bits per heavy atom. The van der Waals surface area contributed by atoms with E-state index in [2.05, 4.69) is 6.92 Å². The first kappa shape index (κ1) is 27.9. The average molecular weight is 560 g/mol. The molecule has 1 aliphatic heterocycles. The molecule has 1 aromatic heterocycles. The third kappa shape index (κ3) is 5.27. The van der Waals surface area contributed by atoms with Crippen molar-refractivity contribution in [2.75, 3.05) is 25.2 Å². The molecule has 1 amide bonds. The van der Waals surface area contributed by atoms with Gasteiger partial charge in [0.25, 0.3) is 5.91 Å². The van der Waals surface area contributed by atoms with E-state index in [4.69, 9.17) is 18.6 Å². The summed E-state index contributed by atoms with van der Waals surface area (Å²) in [5, 5.41) is 0.0314. The molecule has 5 rings (SSSR count). The number of amides is 1. The molecular weight excluding hydrogens is 529 g/mol. The smallest absolute Gasteiger partial charge is 0.338 e. The highest BCUT2D eigenvalue weighted by Crippen LogP contribution is 2.43. The molecule has 0 saturated carbocycles. The summed E-state index contributed by atoms with van der Waals surface area (Å²) >= 11 is 0. The van der Waals surface area contributed by atoms with Gasteiger partial charge in [-0.2, -0.15) is 0 Å². The number of unbranched alkanes of at least 4 members (excludes halogenated alkanes) is 2. The van der Waals surface area contributed by atoms with E-state index in [0.29, 0.717) is 34.9 Å². The fourth-order valence-corrected chi connectivity index (χ4v) is 5.01. The summed E-state index contributed by atoms with van der Waals surface area (Å²) in [4.78, 5) is 41.3. The molecule has 9 heteroatoms. The van der Waals surface area contributed by atoms with Gasteiger partial charge >= 0.3 is 5.97 Å². The van der Waals surface area contributed by atoms with Crippen molar-refractivity contribution < 1.29 is 32.6 Å². The monoisotopic (exact) mass is 559 g/mol. The van der Waals surface area contributed by atoms with E-state index in [1.54, 1.807) is 49.4 Å². The van der Waals surface area contributed by atoms with E-state index in [-0.39, 0.29) is 28.9 Å². The molecular formula is C32H30FNO7. The number of ether oxygens (including phenoxy) is 3. The van der Waals surface area contributed by atoms with Crippen LogP contribution < -0.4 is 19.8 Å². The Labute approximate surface area is 236 Å². The molecule has 3 aromatic carbocycles. The highest BCUT2D eigenvalue weighted by Gasteiger charge is 2.44. The van der Waals surface area contributed by atoms with Crippen LogP contribution in [0.4, 0.5) is 10.1 Å². The van der Waals surface area contributed by atoms with Gasteiger partial charge in [-0.05, 0) is 73.5 Å². The molecule has 0 N–H and O–H groups in total. The Bertz CT molecular complexity index is 1660. The van der Waals surface area contributed by atoms with Gasteiger partial charge in [0.05, 0.1) is 42.9 Å². The van der Waals surface area contributed by atoms with Gasteiger partial charge in [-0.25, -0.2) is 9.18 Å². The van der Waals surface area contributed by atoms with Crippen LogP contribution in [0.15, 0.2) is 69.9 Å². The zero-order valence-corrected chi connectivity index (χ0v) is 23.1.